The number of nitrogens with zero attached hydrogens (tertiary/aromatic N) is 1. The van der Waals surface area contributed by atoms with Gasteiger partial charge in [-0.25, -0.2) is 5.01 Å². The average molecular weight is 453 g/mol. The van der Waals surface area contributed by atoms with Crippen LogP contribution in [-0.4, -0.2) is 79.9 Å². The lowest BCUT2D eigenvalue weighted by Gasteiger charge is -2.45. The van der Waals surface area contributed by atoms with E-state index in [0.717, 1.165) is 57.3 Å². The van der Waals surface area contributed by atoms with E-state index in [2.05, 4.69) is 28.0 Å². The fourth-order valence-corrected chi connectivity index (χ4v) is 6.65. The van der Waals surface area contributed by atoms with Gasteiger partial charge in [-0.1, -0.05) is 19.8 Å². The Bertz CT molecular complexity index is 592. The summed E-state index contributed by atoms with van der Waals surface area (Å²) in [5.41, 5.74) is 3.88. The summed E-state index contributed by atoms with van der Waals surface area (Å²) in [5.74, 6) is 1.85. The highest BCUT2D eigenvalue weighted by Crippen LogP contribution is 2.34. The molecule has 1 aliphatic carbocycles. The summed E-state index contributed by atoms with van der Waals surface area (Å²) in [6.45, 7) is 6.09. The Morgan fingerprint density at radius 2 is 1.94 bits per heavy atom. The van der Waals surface area contributed by atoms with Gasteiger partial charge in [0.15, 0.2) is 6.35 Å². The van der Waals surface area contributed by atoms with Crippen molar-refractivity contribution in [1.82, 2.24) is 21.1 Å². The molecule has 32 heavy (non-hydrogen) atoms. The van der Waals surface area contributed by atoms with Crippen LogP contribution in [0.1, 0.15) is 64.7 Å². The van der Waals surface area contributed by atoms with Crippen LogP contribution in [0, 0.1) is 17.8 Å². The van der Waals surface area contributed by atoms with E-state index in [1.165, 1.54) is 32.1 Å². The third kappa shape index (κ3) is 5.66. The lowest BCUT2D eigenvalue weighted by Crippen LogP contribution is -2.68. The highest BCUT2D eigenvalue weighted by atomic mass is 16.6. The van der Waals surface area contributed by atoms with Crippen molar-refractivity contribution in [3.05, 3.63) is 0 Å². The number of rotatable bonds is 6. The van der Waals surface area contributed by atoms with Crippen molar-refractivity contribution in [2.75, 3.05) is 33.0 Å². The maximum atomic E-state index is 10.6. The van der Waals surface area contributed by atoms with Gasteiger partial charge in [0.05, 0.1) is 31.6 Å². The van der Waals surface area contributed by atoms with Crippen LogP contribution in [0.3, 0.4) is 0 Å². The fourth-order valence-electron chi connectivity index (χ4n) is 6.65. The maximum Gasteiger partial charge on any atom is 0.165 e. The Morgan fingerprint density at radius 1 is 1.00 bits per heavy atom. The van der Waals surface area contributed by atoms with Crippen LogP contribution in [-0.2, 0) is 14.2 Å². The van der Waals surface area contributed by atoms with Crippen molar-refractivity contribution in [2.24, 2.45) is 17.8 Å². The lowest BCUT2D eigenvalue weighted by atomic mass is 9.78. The molecule has 5 fully saturated rings. The normalized spacial score (nSPS) is 46.5. The lowest BCUT2D eigenvalue weighted by molar-refractivity contribution is -0.113. The second-order valence-corrected chi connectivity index (χ2v) is 10.9. The topological polar surface area (TPSA) is 87.3 Å². The third-order valence-electron chi connectivity index (χ3n) is 8.49. The predicted molar refractivity (Wildman–Crippen MR) is 121 cm³/mol. The van der Waals surface area contributed by atoms with E-state index in [1.54, 1.807) is 0 Å². The van der Waals surface area contributed by atoms with E-state index in [4.69, 9.17) is 14.2 Å². The van der Waals surface area contributed by atoms with E-state index in [-0.39, 0.29) is 30.6 Å². The smallest absolute Gasteiger partial charge is 0.165 e. The van der Waals surface area contributed by atoms with Crippen molar-refractivity contribution in [2.45, 2.75) is 102 Å². The molecule has 0 spiro atoms. The number of hydrogen-bond donors (Lipinski definition) is 4. The summed E-state index contributed by atoms with van der Waals surface area (Å²) in [4.78, 5) is 0. The van der Waals surface area contributed by atoms with Gasteiger partial charge in [-0.2, -0.15) is 0 Å². The first-order valence-electron chi connectivity index (χ1n) is 13.2. The first-order chi connectivity index (χ1) is 15.7. The van der Waals surface area contributed by atoms with Gasteiger partial charge in [0.1, 0.15) is 0 Å². The van der Waals surface area contributed by atoms with Crippen molar-refractivity contribution in [1.29, 1.82) is 0 Å². The Morgan fingerprint density at radius 3 is 2.75 bits per heavy atom. The third-order valence-corrected chi connectivity index (χ3v) is 8.49. The van der Waals surface area contributed by atoms with Crippen LogP contribution in [0.25, 0.3) is 0 Å². The minimum atomic E-state index is -0.415. The van der Waals surface area contributed by atoms with E-state index < -0.39 is 6.10 Å². The molecule has 184 valence electrons. The first kappa shape index (κ1) is 23.4. The molecular formula is C24H44N4O4. The molecule has 0 radical (unpaired) electrons. The van der Waals surface area contributed by atoms with E-state index in [0.29, 0.717) is 19.3 Å². The zero-order chi connectivity index (χ0) is 21.9. The first-order valence-corrected chi connectivity index (χ1v) is 13.2. The number of nitrogens with one attached hydrogen (secondary N) is 3. The number of hydrazine groups is 1. The highest BCUT2D eigenvalue weighted by Gasteiger charge is 2.42. The Balaban J connectivity index is 1.21. The molecule has 0 bridgehead atoms. The largest absolute Gasteiger partial charge is 0.390 e. The quantitative estimate of drug-likeness (QED) is 0.483. The summed E-state index contributed by atoms with van der Waals surface area (Å²) in [6.07, 6.45) is 10.5. The standard InChI is InChI=1S/C24H44N4O4/c1-16-4-2-5-17(12-16)20-7-9-28(27-20)23-13-21(19-8-11-30-15-22(19)29)25-24(26-23)32-14-18-6-3-10-31-18/h16-27,29H,2-15H2,1H3. The highest BCUT2D eigenvalue weighted by molar-refractivity contribution is 4.94. The molecule has 4 saturated heterocycles. The molecule has 5 aliphatic rings. The molecular weight excluding hydrogens is 408 g/mol. The summed E-state index contributed by atoms with van der Waals surface area (Å²) in [7, 11) is 0. The SMILES string of the molecule is CC1CCCC(C2CCN(C3CC(C4CCOCC4O)NC(OCC4CCCO4)N3)N2)C1. The molecule has 0 aromatic heterocycles. The molecule has 4 aliphatic heterocycles. The summed E-state index contributed by atoms with van der Waals surface area (Å²) >= 11 is 0. The molecule has 5 rings (SSSR count). The molecule has 8 nitrogen and oxygen atoms in total. The summed E-state index contributed by atoms with van der Waals surface area (Å²) < 4.78 is 17.5. The predicted octanol–water partition coefficient (Wildman–Crippen LogP) is 1.55. The monoisotopic (exact) mass is 452 g/mol. The molecule has 4 N–H and O–H groups in total. The number of aliphatic hydroxyl groups is 1. The van der Waals surface area contributed by atoms with Gasteiger partial charge in [-0.3, -0.25) is 16.1 Å². The second kappa shape index (κ2) is 11.0. The van der Waals surface area contributed by atoms with Crippen molar-refractivity contribution in [3.63, 3.8) is 0 Å². The van der Waals surface area contributed by atoms with Crippen LogP contribution in [0.15, 0.2) is 0 Å². The van der Waals surface area contributed by atoms with Crippen LogP contribution >= 0.6 is 0 Å². The fraction of sp³-hybridized carbons (Fsp3) is 1.00. The second-order valence-electron chi connectivity index (χ2n) is 10.9. The van der Waals surface area contributed by atoms with Gasteiger partial charge in [0, 0.05) is 37.8 Å². The van der Waals surface area contributed by atoms with E-state index >= 15 is 0 Å². The minimum Gasteiger partial charge on any atom is -0.390 e. The molecule has 4 heterocycles. The van der Waals surface area contributed by atoms with Crippen molar-refractivity contribution >= 4 is 0 Å². The molecule has 1 saturated carbocycles. The van der Waals surface area contributed by atoms with Gasteiger partial charge in [-0.15, -0.1) is 0 Å². The number of ether oxygens (including phenoxy) is 3. The molecule has 0 amide bonds. The Labute approximate surface area is 193 Å². The molecule has 9 unspecified atom stereocenters. The average Bonchev–Trinajstić information content (AvgIpc) is 3.50. The molecule has 0 aromatic carbocycles. The van der Waals surface area contributed by atoms with Crippen LogP contribution in [0.2, 0.25) is 0 Å². The molecule has 0 aromatic rings. The number of hydrogen-bond acceptors (Lipinski definition) is 8. The Hall–Kier alpha value is -0.320. The maximum absolute atomic E-state index is 10.6. The zero-order valence-corrected chi connectivity index (χ0v) is 19.7. The summed E-state index contributed by atoms with van der Waals surface area (Å²) in [6, 6.07) is 0.790. The van der Waals surface area contributed by atoms with Crippen molar-refractivity contribution < 1.29 is 19.3 Å². The molecule has 9 atom stereocenters. The van der Waals surface area contributed by atoms with Gasteiger partial charge >= 0.3 is 0 Å². The van der Waals surface area contributed by atoms with E-state index in [1.807, 2.05) is 0 Å². The van der Waals surface area contributed by atoms with Crippen LogP contribution < -0.4 is 16.1 Å². The molecule has 8 heteroatoms. The van der Waals surface area contributed by atoms with Gasteiger partial charge in [-0.05, 0) is 56.8 Å². The zero-order valence-electron chi connectivity index (χ0n) is 19.7. The van der Waals surface area contributed by atoms with Gasteiger partial charge < -0.3 is 19.3 Å². The van der Waals surface area contributed by atoms with E-state index in [9.17, 15) is 5.11 Å². The Kier molecular flexibility index (Phi) is 8.02. The van der Waals surface area contributed by atoms with Crippen LogP contribution in [0.4, 0.5) is 0 Å². The number of aliphatic hydroxyl groups excluding tert-OH is 1. The van der Waals surface area contributed by atoms with Crippen LogP contribution in [0.5, 0.6) is 0 Å². The minimum absolute atomic E-state index is 0.191. The van der Waals surface area contributed by atoms with Gasteiger partial charge in [0.25, 0.3) is 0 Å². The van der Waals surface area contributed by atoms with Gasteiger partial charge in [0.2, 0.25) is 0 Å². The van der Waals surface area contributed by atoms with Crippen molar-refractivity contribution in [3.8, 4) is 0 Å². The summed E-state index contributed by atoms with van der Waals surface area (Å²) in [5, 5.41) is 20.4.